The molecule has 0 aliphatic carbocycles. The Balaban J connectivity index is 1.99. The Hall–Kier alpha value is -3.13. The molecule has 0 fully saturated rings. The first kappa shape index (κ1) is 17.2. The minimum absolute atomic E-state index is 0.0438. The van der Waals surface area contributed by atoms with E-state index in [-0.39, 0.29) is 12.5 Å². The lowest BCUT2D eigenvalue weighted by Gasteiger charge is -2.14. The van der Waals surface area contributed by atoms with Gasteiger partial charge in [-0.25, -0.2) is 0 Å². The highest BCUT2D eigenvalue weighted by atomic mass is 16.4. The van der Waals surface area contributed by atoms with Crippen molar-refractivity contribution >= 4 is 11.9 Å². The van der Waals surface area contributed by atoms with Crippen LogP contribution >= 0.6 is 0 Å². The molecule has 0 saturated heterocycles. The number of aliphatic carboxylic acids is 1. The Kier molecular flexibility index (Phi) is 5.69. The Morgan fingerprint density at radius 2 is 1.92 bits per heavy atom. The Bertz CT molecular complexity index is 776. The highest BCUT2D eigenvalue weighted by Crippen LogP contribution is 2.11. The number of hydrogen-bond donors (Lipinski definition) is 2. The van der Waals surface area contributed by atoms with Gasteiger partial charge in [0, 0.05) is 12.1 Å². The smallest absolute Gasteiger partial charge is 0.308 e. The van der Waals surface area contributed by atoms with Gasteiger partial charge in [-0.05, 0) is 43.2 Å². The van der Waals surface area contributed by atoms with E-state index in [4.69, 9.17) is 5.26 Å². The minimum Gasteiger partial charge on any atom is -0.481 e. The Labute approximate surface area is 140 Å². The van der Waals surface area contributed by atoms with Crippen molar-refractivity contribution in [1.82, 2.24) is 5.32 Å². The summed E-state index contributed by atoms with van der Waals surface area (Å²) in [6.45, 7) is 1.99. The fourth-order valence-electron chi connectivity index (χ4n) is 2.38. The second-order valence-corrected chi connectivity index (χ2v) is 5.63. The quantitative estimate of drug-likeness (QED) is 0.855. The molecule has 0 heterocycles. The van der Waals surface area contributed by atoms with E-state index in [0.717, 1.165) is 11.1 Å². The summed E-state index contributed by atoms with van der Waals surface area (Å²) in [5.41, 5.74) is 2.86. The van der Waals surface area contributed by atoms with Crippen LogP contribution < -0.4 is 5.32 Å². The van der Waals surface area contributed by atoms with Gasteiger partial charge < -0.3 is 10.4 Å². The molecule has 1 amide bonds. The summed E-state index contributed by atoms with van der Waals surface area (Å²) in [6, 6.07) is 15.8. The van der Waals surface area contributed by atoms with Gasteiger partial charge in [0.05, 0.1) is 17.6 Å². The second kappa shape index (κ2) is 7.93. The van der Waals surface area contributed by atoms with Crippen LogP contribution in [0.15, 0.2) is 48.5 Å². The van der Waals surface area contributed by atoms with Crippen LogP contribution in [0, 0.1) is 24.2 Å². The van der Waals surface area contributed by atoms with Crippen molar-refractivity contribution in [2.75, 3.05) is 6.54 Å². The number of rotatable bonds is 6. The van der Waals surface area contributed by atoms with E-state index >= 15 is 0 Å². The van der Waals surface area contributed by atoms with Crippen LogP contribution in [0.4, 0.5) is 0 Å². The summed E-state index contributed by atoms with van der Waals surface area (Å²) in [5.74, 6) is -2.00. The highest BCUT2D eigenvalue weighted by molar-refractivity contribution is 5.94. The molecule has 0 saturated carbocycles. The van der Waals surface area contributed by atoms with Gasteiger partial charge in [0.1, 0.15) is 0 Å². The van der Waals surface area contributed by atoms with Gasteiger partial charge in [-0.3, -0.25) is 9.59 Å². The van der Waals surface area contributed by atoms with E-state index in [1.807, 2.05) is 37.3 Å². The predicted molar refractivity (Wildman–Crippen MR) is 89.5 cm³/mol. The van der Waals surface area contributed by atoms with Crippen LogP contribution in [0.3, 0.4) is 0 Å². The third-order valence-electron chi connectivity index (χ3n) is 3.70. The zero-order chi connectivity index (χ0) is 17.5. The number of carbonyl (C=O) groups is 2. The van der Waals surface area contributed by atoms with E-state index in [1.54, 1.807) is 24.3 Å². The minimum atomic E-state index is -0.948. The number of carboxylic acids is 1. The van der Waals surface area contributed by atoms with E-state index in [2.05, 4.69) is 5.32 Å². The third-order valence-corrected chi connectivity index (χ3v) is 3.70. The van der Waals surface area contributed by atoms with E-state index < -0.39 is 11.9 Å². The van der Waals surface area contributed by atoms with Gasteiger partial charge in [-0.15, -0.1) is 0 Å². The molecule has 0 aliphatic heterocycles. The van der Waals surface area contributed by atoms with Crippen LogP contribution in [0.25, 0.3) is 0 Å². The molecule has 2 aromatic carbocycles. The van der Waals surface area contributed by atoms with E-state index in [9.17, 15) is 14.7 Å². The average molecular weight is 322 g/mol. The number of carbonyl (C=O) groups excluding carboxylic acids is 1. The number of nitriles is 1. The highest BCUT2D eigenvalue weighted by Gasteiger charge is 2.19. The fourth-order valence-corrected chi connectivity index (χ4v) is 2.38. The van der Waals surface area contributed by atoms with Crippen LogP contribution in [0.5, 0.6) is 0 Å². The maximum absolute atomic E-state index is 12.1. The monoisotopic (exact) mass is 322 g/mol. The molecular weight excluding hydrogens is 304 g/mol. The topological polar surface area (TPSA) is 90.2 Å². The lowest BCUT2D eigenvalue weighted by atomic mass is 9.98. The summed E-state index contributed by atoms with van der Waals surface area (Å²) in [4.78, 5) is 23.5. The van der Waals surface area contributed by atoms with Crippen LogP contribution in [-0.4, -0.2) is 23.5 Å². The van der Waals surface area contributed by atoms with Crippen LogP contribution in [0.1, 0.15) is 27.0 Å². The summed E-state index contributed by atoms with van der Waals surface area (Å²) >= 11 is 0. The zero-order valence-corrected chi connectivity index (χ0v) is 13.3. The molecule has 0 radical (unpaired) electrons. The second-order valence-electron chi connectivity index (χ2n) is 5.63. The van der Waals surface area contributed by atoms with Crippen molar-refractivity contribution in [2.45, 2.75) is 13.3 Å². The third kappa shape index (κ3) is 4.68. The van der Waals surface area contributed by atoms with Gasteiger partial charge in [0.15, 0.2) is 0 Å². The van der Waals surface area contributed by atoms with Gasteiger partial charge in [-0.1, -0.05) is 29.8 Å². The van der Waals surface area contributed by atoms with Crippen molar-refractivity contribution in [1.29, 1.82) is 5.26 Å². The molecule has 0 aliphatic rings. The molecule has 2 aromatic rings. The van der Waals surface area contributed by atoms with Gasteiger partial charge in [0.2, 0.25) is 0 Å². The maximum atomic E-state index is 12.1. The molecule has 122 valence electrons. The van der Waals surface area contributed by atoms with Crippen molar-refractivity contribution in [3.8, 4) is 6.07 Å². The van der Waals surface area contributed by atoms with Gasteiger partial charge >= 0.3 is 5.97 Å². The van der Waals surface area contributed by atoms with Crippen LogP contribution in [-0.2, 0) is 11.2 Å². The summed E-state index contributed by atoms with van der Waals surface area (Å²) < 4.78 is 0. The molecule has 5 heteroatoms. The molecular formula is C19H18N2O3. The number of benzene rings is 2. The fraction of sp³-hybridized carbons (Fsp3) is 0.211. The summed E-state index contributed by atoms with van der Waals surface area (Å²) in [5, 5.41) is 20.8. The summed E-state index contributed by atoms with van der Waals surface area (Å²) in [6.07, 6.45) is 0.352. The first-order valence-corrected chi connectivity index (χ1v) is 7.56. The average Bonchev–Trinajstić information content (AvgIpc) is 2.58. The number of carboxylic acid groups (broad SMARTS) is 1. The van der Waals surface area contributed by atoms with Crippen LogP contribution in [0.2, 0.25) is 0 Å². The zero-order valence-electron chi connectivity index (χ0n) is 13.3. The Morgan fingerprint density at radius 3 is 2.50 bits per heavy atom. The number of aryl methyl sites for hydroxylation is 1. The lowest BCUT2D eigenvalue weighted by molar-refractivity contribution is -0.141. The maximum Gasteiger partial charge on any atom is 0.308 e. The van der Waals surface area contributed by atoms with Crippen molar-refractivity contribution in [3.63, 3.8) is 0 Å². The molecule has 5 nitrogen and oxygen atoms in total. The number of hydrogen-bond acceptors (Lipinski definition) is 3. The van der Waals surface area contributed by atoms with Crippen molar-refractivity contribution in [2.24, 2.45) is 5.92 Å². The Morgan fingerprint density at radius 1 is 1.21 bits per heavy atom. The molecule has 1 atom stereocenters. The van der Waals surface area contributed by atoms with E-state index in [1.165, 1.54) is 0 Å². The molecule has 0 unspecified atom stereocenters. The van der Waals surface area contributed by atoms with Crippen molar-refractivity contribution < 1.29 is 14.7 Å². The largest absolute Gasteiger partial charge is 0.481 e. The normalized spacial score (nSPS) is 11.3. The SMILES string of the molecule is Cc1cccc(C[C@@H](CNC(=O)c2ccc(C#N)cc2)C(=O)O)c1. The molecule has 0 bridgehead atoms. The standard InChI is InChI=1S/C19H18N2O3/c1-13-3-2-4-15(9-13)10-17(19(23)24)12-21-18(22)16-7-5-14(11-20)6-8-16/h2-9,17H,10,12H2,1H3,(H,21,22)(H,23,24)/t17-/m0/s1. The predicted octanol–water partition coefficient (Wildman–Crippen LogP) is 2.54. The first-order chi connectivity index (χ1) is 11.5. The molecule has 0 spiro atoms. The number of amides is 1. The number of nitrogens with one attached hydrogen (secondary N) is 1. The molecule has 2 rings (SSSR count). The summed E-state index contributed by atoms with van der Waals surface area (Å²) in [7, 11) is 0. The van der Waals surface area contributed by atoms with Gasteiger partial charge in [-0.2, -0.15) is 5.26 Å². The van der Waals surface area contributed by atoms with Gasteiger partial charge in [0.25, 0.3) is 5.91 Å². The molecule has 24 heavy (non-hydrogen) atoms. The molecule has 0 aromatic heterocycles. The van der Waals surface area contributed by atoms with E-state index in [0.29, 0.717) is 17.5 Å². The molecule has 2 N–H and O–H groups in total. The first-order valence-electron chi connectivity index (χ1n) is 7.56. The number of nitrogens with zero attached hydrogens (tertiary/aromatic N) is 1. The lowest BCUT2D eigenvalue weighted by Crippen LogP contribution is -2.34. The van der Waals surface area contributed by atoms with Crippen molar-refractivity contribution in [3.05, 3.63) is 70.8 Å².